The Labute approximate surface area is 198 Å². The maximum absolute atomic E-state index is 11.5. The highest BCUT2D eigenvalue weighted by Crippen LogP contribution is 2.18. The minimum atomic E-state index is -0.176. The van der Waals surface area contributed by atoms with Crippen molar-refractivity contribution in [1.82, 2.24) is 15.5 Å². The van der Waals surface area contributed by atoms with E-state index in [1.54, 1.807) is 7.05 Å². The van der Waals surface area contributed by atoms with Crippen molar-refractivity contribution < 1.29 is 9.53 Å². The van der Waals surface area contributed by atoms with Gasteiger partial charge in [0.1, 0.15) is 0 Å². The Kier molecular flexibility index (Phi) is 13.7. The first-order valence-corrected chi connectivity index (χ1v) is 10.7. The lowest BCUT2D eigenvalue weighted by molar-refractivity contribution is -0.123. The van der Waals surface area contributed by atoms with E-state index >= 15 is 0 Å². The number of benzene rings is 1. The van der Waals surface area contributed by atoms with Gasteiger partial charge in [-0.1, -0.05) is 24.3 Å². The first-order valence-electron chi connectivity index (χ1n) is 10.7. The molecule has 1 saturated heterocycles. The quantitative estimate of drug-likeness (QED) is 0.177. The number of primary amides is 1. The number of carbonyl (C=O) groups excluding carboxylic acids is 1. The maximum atomic E-state index is 11.5. The number of halogens is 1. The minimum Gasteiger partial charge on any atom is -0.382 e. The molecule has 1 aromatic carbocycles. The SMILES string of the molecule is CCOCCCCNC(=NC)NCc1cccc(CN2CCCC(C(N)=O)C2)c1.I. The second-order valence-electron chi connectivity index (χ2n) is 7.55. The predicted molar refractivity (Wildman–Crippen MR) is 133 cm³/mol. The number of likely N-dealkylation sites (tertiary alicyclic amines) is 1. The average Bonchev–Trinajstić information content (AvgIpc) is 2.73. The highest BCUT2D eigenvalue weighted by atomic mass is 127. The van der Waals surface area contributed by atoms with Gasteiger partial charge in [0.25, 0.3) is 0 Å². The Morgan fingerprint density at radius 2 is 2.10 bits per heavy atom. The third-order valence-corrected chi connectivity index (χ3v) is 5.20. The summed E-state index contributed by atoms with van der Waals surface area (Å²) in [5, 5.41) is 6.72. The van der Waals surface area contributed by atoms with E-state index in [1.165, 1.54) is 11.1 Å². The summed E-state index contributed by atoms with van der Waals surface area (Å²) in [5.74, 6) is 0.619. The zero-order valence-corrected chi connectivity index (χ0v) is 20.7. The second-order valence-corrected chi connectivity index (χ2v) is 7.55. The van der Waals surface area contributed by atoms with Gasteiger partial charge in [0.15, 0.2) is 5.96 Å². The molecule has 0 bridgehead atoms. The van der Waals surface area contributed by atoms with Gasteiger partial charge in [-0.25, -0.2) is 0 Å². The van der Waals surface area contributed by atoms with E-state index in [9.17, 15) is 4.79 Å². The van der Waals surface area contributed by atoms with E-state index < -0.39 is 0 Å². The number of aliphatic imine (C=N–C) groups is 1. The van der Waals surface area contributed by atoms with Crippen molar-refractivity contribution in [3.63, 3.8) is 0 Å². The number of nitrogens with zero attached hydrogens (tertiary/aromatic N) is 2. The Morgan fingerprint density at radius 3 is 2.83 bits per heavy atom. The monoisotopic (exact) mass is 531 g/mol. The van der Waals surface area contributed by atoms with Crippen molar-refractivity contribution >= 4 is 35.8 Å². The van der Waals surface area contributed by atoms with E-state index in [1.807, 2.05) is 6.92 Å². The minimum absolute atomic E-state index is 0. The standard InChI is InChI=1S/C22H37N5O2.HI/c1-3-29-13-5-4-11-25-22(24-2)26-15-18-8-6-9-19(14-18)16-27-12-7-10-20(17-27)21(23)28;/h6,8-9,14,20H,3-5,7,10-13,15-17H2,1-2H3,(H2,23,28)(H2,24,25,26);1H. The predicted octanol–water partition coefficient (Wildman–Crippen LogP) is 2.48. The molecule has 0 aromatic heterocycles. The van der Waals surface area contributed by atoms with Gasteiger partial charge in [-0.15, -0.1) is 24.0 Å². The summed E-state index contributed by atoms with van der Waals surface area (Å²) in [6.45, 7) is 7.84. The summed E-state index contributed by atoms with van der Waals surface area (Å²) < 4.78 is 5.36. The topological polar surface area (TPSA) is 92.0 Å². The van der Waals surface area contributed by atoms with Crippen LogP contribution in [0.15, 0.2) is 29.3 Å². The number of hydrogen-bond acceptors (Lipinski definition) is 4. The molecule has 1 aromatic rings. The fourth-order valence-corrected chi connectivity index (χ4v) is 3.61. The van der Waals surface area contributed by atoms with Crippen LogP contribution >= 0.6 is 24.0 Å². The third kappa shape index (κ3) is 10.1. The van der Waals surface area contributed by atoms with Crippen molar-refractivity contribution in [2.24, 2.45) is 16.6 Å². The van der Waals surface area contributed by atoms with Crippen LogP contribution in [-0.4, -0.2) is 56.7 Å². The summed E-state index contributed by atoms with van der Waals surface area (Å²) in [6.07, 6.45) is 4.04. The maximum Gasteiger partial charge on any atom is 0.221 e. The van der Waals surface area contributed by atoms with Crippen molar-refractivity contribution in [1.29, 1.82) is 0 Å². The normalized spacial score (nSPS) is 17.3. The zero-order chi connectivity index (χ0) is 20.9. The molecule has 0 spiro atoms. The molecule has 7 nitrogen and oxygen atoms in total. The van der Waals surface area contributed by atoms with E-state index in [2.05, 4.69) is 44.8 Å². The lowest BCUT2D eigenvalue weighted by Crippen LogP contribution is -2.40. The molecule has 1 amide bonds. The molecule has 1 aliphatic rings. The van der Waals surface area contributed by atoms with Gasteiger partial charge in [-0.2, -0.15) is 0 Å². The molecule has 0 saturated carbocycles. The molecule has 1 heterocycles. The number of nitrogens with two attached hydrogens (primary N) is 1. The van der Waals surface area contributed by atoms with Crippen molar-refractivity contribution in [3.05, 3.63) is 35.4 Å². The molecule has 1 atom stereocenters. The summed E-state index contributed by atoms with van der Waals surface area (Å²) in [5.41, 5.74) is 7.97. The first kappa shape index (κ1) is 26.6. The van der Waals surface area contributed by atoms with Crippen molar-refractivity contribution in [2.75, 3.05) is 39.9 Å². The number of guanidine groups is 1. The summed E-state index contributed by atoms with van der Waals surface area (Å²) in [4.78, 5) is 18.1. The second kappa shape index (κ2) is 15.4. The fraction of sp³-hybridized carbons (Fsp3) is 0.636. The van der Waals surface area contributed by atoms with Crippen LogP contribution in [0.1, 0.15) is 43.7 Å². The summed E-state index contributed by atoms with van der Waals surface area (Å²) in [7, 11) is 1.79. The fourth-order valence-electron chi connectivity index (χ4n) is 3.61. The Morgan fingerprint density at radius 1 is 1.30 bits per heavy atom. The van der Waals surface area contributed by atoms with Crippen LogP contribution in [0.4, 0.5) is 0 Å². The molecule has 4 N–H and O–H groups in total. The van der Waals surface area contributed by atoms with Crippen LogP contribution in [0.25, 0.3) is 0 Å². The van der Waals surface area contributed by atoms with Gasteiger partial charge < -0.3 is 21.1 Å². The number of ether oxygens (including phenoxy) is 1. The van der Waals surface area contributed by atoms with Crippen LogP contribution in [0.2, 0.25) is 0 Å². The van der Waals surface area contributed by atoms with E-state index in [-0.39, 0.29) is 35.8 Å². The summed E-state index contributed by atoms with van der Waals surface area (Å²) >= 11 is 0. The van der Waals surface area contributed by atoms with Gasteiger partial charge >= 0.3 is 0 Å². The molecule has 30 heavy (non-hydrogen) atoms. The Bertz CT molecular complexity index is 656. The van der Waals surface area contributed by atoms with Gasteiger partial charge in [0.05, 0.1) is 5.92 Å². The molecule has 1 fully saturated rings. The summed E-state index contributed by atoms with van der Waals surface area (Å²) in [6, 6.07) is 8.57. The smallest absolute Gasteiger partial charge is 0.221 e. The number of amides is 1. The molecular weight excluding hydrogens is 493 g/mol. The largest absolute Gasteiger partial charge is 0.382 e. The van der Waals surface area contributed by atoms with Gasteiger partial charge in [0.2, 0.25) is 5.91 Å². The van der Waals surface area contributed by atoms with E-state index in [0.29, 0.717) is 0 Å². The van der Waals surface area contributed by atoms with Crippen LogP contribution < -0.4 is 16.4 Å². The average molecular weight is 531 g/mol. The number of hydrogen-bond donors (Lipinski definition) is 3. The van der Waals surface area contributed by atoms with Crippen LogP contribution in [-0.2, 0) is 22.6 Å². The Hall–Kier alpha value is -1.39. The van der Waals surface area contributed by atoms with Gasteiger partial charge in [-0.05, 0) is 50.3 Å². The number of rotatable bonds is 11. The molecular formula is C22H38IN5O2. The molecule has 2 rings (SSSR count). The van der Waals surface area contributed by atoms with Gasteiger partial charge in [-0.3, -0.25) is 14.7 Å². The number of nitrogens with one attached hydrogen (secondary N) is 2. The molecule has 0 radical (unpaired) electrons. The molecule has 1 aliphatic heterocycles. The lowest BCUT2D eigenvalue weighted by Gasteiger charge is -2.31. The van der Waals surface area contributed by atoms with Crippen LogP contribution in [0.5, 0.6) is 0 Å². The van der Waals surface area contributed by atoms with Crippen molar-refractivity contribution in [3.8, 4) is 0 Å². The molecule has 1 unspecified atom stereocenters. The highest BCUT2D eigenvalue weighted by molar-refractivity contribution is 14.0. The molecule has 170 valence electrons. The van der Waals surface area contributed by atoms with Crippen LogP contribution in [0, 0.1) is 5.92 Å². The van der Waals surface area contributed by atoms with E-state index in [0.717, 1.165) is 77.6 Å². The van der Waals surface area contributed by atoms with Crippen molar-refractivity contribution in [2.45, 2.75) is 45.7 Å². The zero-order valence-electron chi connectivity index (χ0n) is 18.4. The number of carbonyl (C=O) groups is 1. The number of piperidine rings is 1. The third-order valence-electron chi connectivity index (χ3n) is 5.20. The molecule has 8 heteroatoms. The lowest BCUT2D eigenvalue weighted by atomic mass is 9.97. The first-order chi connectivity index (χ1) is 14.1. The molecule has 0 aliphatic carbocycles. The highest BCUT2D eigenvalue weighted by Gasteiger charge is 2.23. The van der Waals surface area contributed by atoms with Crippen LogP contribution in [0.3, 0.4) is 0 Å². The number of unbranched alkanes of at least 4 members (excludes halogenated alkanes) is 1. The Balaban J connectivity index is 0.00000450. The van der Waals surface area contributed by atoms with E-state index in [4.69, 9.17) is 10.5 Å². The van der Waals surface area contributed by atoms with Gasteiger partial charge in [0, 0.05) is 46.4 Å².